The second-order valence-corrected chi connectivity index (χ2v) is 7.26. The Balaban J connectivity index is 1.69. The number of hydrogen-bond acceptors (Lipinski definition) is 3. The van der Waals surface area contributed by atoms with Crippen molar-refractivity contribution in [3.05, 3.63) is 0 Å². The van der Waals surface area contributed by atoms with Gasteiger partial charge in [-0.3, -0.25) is 4.79 Å². The highest BCUT2D eigenvalue weighted by molar-refractivity contribution is 5.84. The maximum absolute atomic E-state index is 11.7. The number of rotatable bonds is 8. The number of primary amides is 1. The molecule has 4 heteroatoms. The molecule has 0 bridgehead atoms. The first-order chi connectivity index (χ1) is 9.40. The first-order valence-corrected chi connectivity index (χ1v) is 8.22. The van der Waals surface area contributed by atoms with Gasteiger partial charge in [0.15, 0.2) is 0 Å². The molecule has 2 fully saturated rings. The normalized spacial score (nSPS) is 30.4. The molecule has 1 aliphatic heterocycles. The average molecular weight is 281 g/mol. The van der Waals surface area contributed by atoms with Gasteiger partial charge in [-0.2, -0.15) is 0 Å². The van der Waals surface area contributed by atoms with Gasteiger partial charge in [0, 0.05) is 18.6 Å². The molecule has 0 radical (unpaired) electrons. The molecule has 0 aromatic heterocycles. The molecule has 20 heavy (non-hydrogen) atoms. The molecule has 116 valence electrons. The van der Waals surface area contributed by atoms with Crippen LogP contribution in [0.5, 0.6) is 0 Å². The van der Waals surface area contributed by atoms with Crippen molar-refractivity contribution in [2.75, 3.05) is 13.1 Å². The van der Waals surface area contributed by atoms with Crippen LogP contribution in [0.25, 0.3) is 0 Å². The van der Waals surface area contributed by atoms with Gasteiger partial charge in [-0.25, -0.2) is 0 Å². The number of nitrogens with one attached hydrogen (secondary N) is 1. The Bertz CT molecular complexity index is 343. The number of unbranched alkanes of at least 4 members (excludes halogenated alkanes) is 1. The highest BCUT2D eigenvalue weighted by Crippen LogP contribution is 2.26. The average Bonchev–Trinajstić information content (AvgIpc) is 3.10. The Morgan fingerprint density at radius 2 is 2.05 bits per heavy atom. The number of likely N-dealkylation sites (tertiary alicyclic amines) is 1. The van der Waals surface area contributed by atoms with Gasteiger partial charge in [0.25, 0.3) is 0 Å². The zero-order chi connectivity index (χ0) is 14.8. The Morgan fingerprint density at radius 1 is 1.35 bits per heavy atom. The first kappa shape index (κ1) is 15.8. The van der Waals surface area contributed by atoms with Crippen LogP contribution in [-0.2, 0) is 4.79 Å². The van der Waals surface area contributed by atoms with Gasteiger partial charge < -0.3 is 16.0 Å². The molecule has 0 aromatic carbocycles. The Kier molecular flexibility index (Phi) is 5.08. The molecule has 3 atom stereocenters. The fraction of sp³-hybridized carbons (Fsp3) is 0.938. The van der Waals surface area contributed by atoms with Crippen molar-refractivity contribution in [1.82, 2.24) is 10.2 Å². The van der Waals surface area contributed by atoms with Gasteiger partial charge in [-0.1, -0.05) is 6.92 Å². The van der Waals surface area contributed by atoms with Crippen LogP contribution in [0.3, 0.4) is 0 Å². The molecule has 1 heterocycles. The molecule has 1 amide bonds. The third-order valence-electron chi connectivity index (χ3n) is 4.93. The molecule has 0 spiro atoms. The van der Waals surface area contributed by atoms with E-state index in [1.807, 2.05) is 6.92 Å². The molecular formula is C16H31N3O. The van der Waals surface area contributed by atoms with Crippen molar-refractivity contribution in [2.24, 2.45) is 11.7 Å². The molecule has 1 saturated heterocycles. The molecule has 3 unspecified atom stereocenters. The van der Waals surface area contributed by atoms with Gasteiger partial charge >= 0.3 is 0 Å². The fourth-order valence-electron chi connectivity index (χ4n) is 3.44. The Labute approximate surface area is 123 Å². The van der Waals surface area contributed by atoms with Crippen molar-refractivity contribution < 1.29 is 4.79 Å². The van der Waals surface area contributed by atoms with E-state index in [1.54, 1.807) is 0 Å². The van der Waals surface area contributed by atoms with Crippen molar-refractivity contribution in [3.63, 3.8) is 0 Å². The lowest BCUT2D eigenvalue weighted by atomic mass is 9.93. The van der Waals surface area contributed by atoms with E-state index in [9.17, 15) is 4.79 Å². The zero-order valence-corrected chi connectivity index (χ0v) is 13.3. The van der Waals surface area contributed by atoms with E-state index >= 15 is 0 Å². The summed E-state index contributed by atoms with van der Waals surface area (Å²) in [6.07, 6.45) is 6.78. The van der Waals surface area contributed by atoms with Gasteiger partial charge in [0.1, 0.15) is 0 Å². The van der Waals surface area contributed by atoms with E-state index in [4.69, 9.17) is 5.73 Å². The van der Waals surface area contributed by atoms with Crippen LogP contribution in [0.15, 0.2) is 0 Å². The highest BCUT2D eigenvalue weighted by atomic mass is 16.1. The molecule has 1 saturated carbocycles. The summed E-state index contributed by atoms with van der Waals surface area (Å²) >= 11 is 0. The monoisotopic (exact) mass is 281 g/mol. The third kappa shape index (κ3) is 4.19. The summed E-state index contributed by atoms with van der Waals surface area (Å²) in [6.45, 7) is 9.01. The summed E-state index contributed by atoms with van der Waals surface area (Å²) in [6, 6.07) is 1.24. The van der Waals surface area contributed by atoms with Gasteiger partial charge in [-0.05, 0) is 64.8 Å². The van der Waals surface area contributed by atoms with E-state index in [-0.39, 0.29) is 5.91 Å². The van der Waals surface area contributed by atoms with Crippen LogP contribution in [0.1, 0.15) is 59.3 Å². The van der Waals surface area contributed by atoms with Crippen LogP contribution in [0.2, 0.25) is 0 Å². The predicted molar refractivity (Wildman–Crippen MR) is 82.4 cm³/mol. The van der Waals surface area contributed by atoms with E-state index in [1.165, 1.54) is 25.8 Å². The van der Waals surface area contributed by atoms with Crippen LogP contribution >= 0.6 is 0 Å². The van der Waals surface area contributed by atoms with Crippen LogP contribution in [0.4, 0.5) is 0 Å². The van der Waals surface area contributed by atoms with Crippen molar-refractivity contribution in [3.8, 4) is 0 Å². The zero-order valence-electron chi connectivity index (χ0n) is 13.3. The van der Waals surface area contributed by atoms with Gasteiger partial charge in [0.2, 0.25) is 5.91 Å². The van der Waals surface area contributed by atoms with Crippen molar-refractivity contribution >= 4 is 5.91 Å². The number of hydrogen-bond donors (Lipinski definition) is 2. The van der Waals surface area contributed by atoms with Gasteiger partial charge in [-0.15, -0.1) is 0 Å². The molecular weight excluding hydrogens is 250 g/mol. The number of nitrogens with two attached hydrogens (primary N) is 1. The SMILES string of the molecule is CC1CC(C)N(CCCCC(C)(NC2CC2)C(N)=O)C1. The summed E-state index contributed by atoms with van der Waals surface area (Å²) < 4.78 is 0. The maximum Gasteiger partial charge on any atom is 0.237 e. The smallest absolute Gasteiger partial charge is 0.237 e. The topological polar surface area (TPSA) is 58.4 Å². The summed E-state index contributed by atoms with van der Waals surface area (Å²) in [4.78, 5) is 14.3. The fourth-order valence-corrected chi connectivity index (χ4v) is 3.44. The standard InChI is InChI=1S/C16H31N3O/c1-12-10-13(2)19(11-12)9-5-4-8-16(3,15(17)20)18-14-6-7-14/h12-14,18H,4-11H2,1-3H3,(H2,17,20). The quantitative estimate of drug-likeness (QED) is 0.668. The molecule has 2 rings (SSSR count). The van der Waals surface area contributed by atoms with E-state index < -0.39 is 5.54 Å². The first-order valence-electron chi connectivity index (χ1n) is 8.22. The van der Waals surface area contributed by atoms with Crippen LogP contribution in [-0.4, -0.2) is 41.5 Å². The van der Waals surface area contributed by atoms with Crippen LogP contribution in [0, 0.1) is 5.92 Å². The van der Waals surface area contributed by atoms with Gasteiger partial charge in [0.05, 0.1) is 5.54 Å². The maximum atomic E-state index is 11.7. The van der Waals surface area contributed by atoms with E-state index in [2.05, 4.69) is 24.1 Å². The summed E-state index contributed by atoms with van der Waals surface area (Å²) in [5.74, 6) is 0.630. The number of nitrogens with zero attached hydrogens (tertiary/aromatic N) is 1. The molecule has 4 nitrogen and oxygen atoms in total. The number of amides is 1. The molecule has 1 aliphatic carbocycles. The lowest BCUT2D eigenvalue weighted by Crippen LogP contribution is -2.54. The molecule has 3 N–H and O–H groups in total. The van der Waals surface area contributed by atoms with Crippen molar-refractivity contribution in [2.45, 2.75) is 76.9 Å². The lowest BCUT2D eigenvalue weighted by Gasteiger charge is -2.28. The second kappa shape index (κ2) is 6.44. The van der Waals surface area contributed by atoms with Crippen LogP contribution < -0.4 is 11.1 Å². The third-order valence-corrected chi connectivity index (χ3v) is 4.93. The Morgan fingerprint density at radius 3 is 2.55 bits per heavy atom. The Hall–Kier alpha value is -0.610. The lowest BCUT2D eigenvalue weighted by molar-refractivity contribution is -0.124. The van der Waals surface area contributed by atoms with E-state index in [0.717, 1.165) is 37.8 Å². The number of carbonyl (C=O) groups excluding carboxylic acids is 1. The minimum absolute atomic E-state index is 0.201. The van der Waals surface area contributed by atoms with E-state index in [0.29, 0.717) is 6.04 Å². The highest BCUT2D eigenvalue weighted by Gasteiger charge is 2.36. The second-order valence-electron chi connectivity index (χ2n) is 7.26. The molecule has 0 aromatic rings. The minimum atomic E-state index is -0.509. The number of carbonyl (C=O) groups is 1. The summed E-state index contributed by atoms with van der Waals surface area (Å²) in [5.41, 5.74) is 5.07. The summed E-state index contributed by atoms with van der Waals surface area (Å²) in [7, 11) is 0. The largest absolute Gasteiger partial charge is 0.368 e. The predicted octanol–water partition coefficient (Wildman–Crippen LogP) is 1.88. The minimum Gasteiger partial charge on any atom is -0.368 e. The van der Waals surface area contributed by atoms with Crippen molar-refractivity contribution in [1.29, 1.82) is 0 Å². The molecule has 2 aliphatic rings. The summed E-state index contributed by atoms with van der Waals surface area (Å²) in [5, 5.41) is 3.42.